The van der Waals surface area contributed by atoms with Gasteiger partial charge in [0.2, 0.25) is 0 Å². The van der Waals surface area contributed by atoms with Crippen LogP contribution in [0.3, 0.4) is 0 Å². The third kappa shape index (κ3) is 3.38. The lowest BCUT2D eigenvalue weighted by Crippen LogP contribution is -2.47. The summed E-state index contributed by atoms with van der Waals surface area (Å²) in [5.74, 6) is 0.505. The first-order valence-corrected chi connectivity index (χ1v) is 7.60. The molecule has 0 spiro atoms. The first-order chi connectivity index (χ1) is 11.1. The van der Waals surface area contributed by atoms with Gasteiger partial charge in [0.25, 0.3) is 11.5 Å². The van der Waals surface area contributed by atoms with Gasteiger partial charge in [-0.25, -0.2) is 4.68 Å². The molecule has 1 aliphatic heterocycles. The topological polar surface area (TPSA) is 109 Å². The number of amides is 1. The highest BCUT2D eigenvalue weighted by atomic mass is 16.2. The standard InChI is InChI=1S/C14H19N7O2/c1-20-13(22)6-5-12(18-20)21-7-3-2-4-10(21)8-15-14(23)11-9-16-19-17-11/h5-6,9-10H,2-4,7-8H2,1H3,(H,15,23)(H,16,17,19). The van der Waals surface area contributed by atoms with Gasteiger partial charge in [-0.2, -0.15) is 20.5 Å². The number of carbonyl (C=O) groups excluding carboxylic acids is 1. The van der Waals surface area contributed by atoms with Gasteiger partial charge < -0.3 is 10.2 Å². The molecule has 2 aromatic heterocycles. The van der Waals surface area contributed by atoms with E-state index in [1.165, 1.54) is 16.9 Å². The summed E-state index contributed by atoms with van der Waals surface area (Å²) >= 11 is 0. The molecule has 1 saturated heterocycles. The highest BCUT2D eigenvalue weighted by Gasteiger charge is 2.24. The fourth-order valence-electron chi connectivity index (χ4n) is 2.77. The Labute approximate surface area is 132 Å². The monoisotopic (exact) mass is 317 g/mol. The fraction of sp³-hybridized carbons (Fsp3) is 0.500. The Balaban J connectivity index is 1.70. The van der Waals surface area contributed by atoms with Crippen molar-refractivity contribution < 1.29 is 4.79 Å². The lowest BCUT2D eigenvalue weighted by Gasteiger charge is -2.36. The van der Waals surface area contributed by atoms with E-state index in [1.807, 2.05) is 0 Å². The second kappa shape index (κ2) is 6.59. The van der Waals surface area contributed by atoms with E-state index in [0.29, 0.717) is 6.54 Å². The molecule has 1 aliphatic rings. The number of carbonyl (C=O) groups is 1. The summed E-state index contributed by atoms with van der Waals surface area (Å²) in [6.07, 6.45) is 4.52. The number of aryl methyl sites for hydroxylation is 1. The van der Waals surface area contributed by atoms with E-state index in [1.54, 1.807) is 13.1 Å². The zero-order valence-electron chi connectivity index (χ0n) is 12.9. The summed E-state index contributed by atoms with van der Waals surface area (Å²) in [6.45, 7) is 1.35. The number of nitrogens with one attached hydrogen (secondary N) is 2. The Hall–Kier alpha value is -2.71. The molecule has 3 rings (SSSR count). The van der Waals surface area contributed by atoms with Gasteiger partial charge >= 0.3 is 0 Å². The van der Waals surface area contributed by atoms with Gasteiger partial charge in [0.15, 0.2) is 5.69 Å². The summed E-state index contributed by atoms with van der Waals surface area (Å²) in [6, 6.07) is 3.40. The van der Waals surface area contributed by atoms with Crippen LogP contribution in [0.2, 0.25) is 0 Å². The Morgan fingerprint density at radius 2 is 2.30 bits per heavy atom. The van der Waals surface area contributed by atoms with Crippen LogP contribution in [0, 0.1) is 0 Å². The molecule has 2 N–H and O–H groups in total. The van der Waals surface area contributed by atoms with Crippen molar-refractivity contribution >= 4 is 11.7 Å². The van der Waals surface area contributed by atoms with Crippen LogP contribution in [0.1, 0.15) is 29.8 Å². The van der Waals surface area contributed by atoms with E-state index in [-0.39, 0.29) is 23.2 Å². The van der Waals surface area contributed by atoms with E-state index in [2.05, 4.69) is 30.7 Å². The van der Waals surface area contributed by atoms with Crippen molar-refractivity contribution in [2.24, 2.45) is 7.05 Å². The predicted octanol–water partition coefficient (Wildman–Crippen LogP) is -0.313. The number of nitrogens with zero attached hydrogens (tertiary/aromatic N) is 5. The van der Waals surface area contributed by atoms with Crippen molar-refractivity contribution in [3.8, 4) is 0 Å². The van der Waals surface area contributed by atoms with Gasteiger partial charge in [0, 0.05) is 32.2 Å². The normalized spacial score (nSPS) is 18.0. The number of aromatic amines is 1. The van der Waals surface area contributed by atoms with Gasteiger partial charge in [-0.1, -0.05) is 0 Å². The van der Waals surface area contributed by atoms with Gasteiger partial charge in [-0.15, -0.1) is 0 Å². The Morgan fingerprint density at radius 1 is 1.43 bits per heavy atom. The minimum absolute atomic E-state index is 0.137. The van der Waals surface area contributed by atoms with E-state index in [0.717, 1.165) is 31.6 Å². The summed E-state index contributed by atoms with van der Waals surface area (Å²) in [5.41, 5.74) is 0.134. The smallest absolute Gasteiger partial charge is 0.273 e. The molecule has 2 aromatic rings. The van der Waals surface area contributed by atoms with Crippen LogP contribution in [0.15, 0.2) is 23.1 Å². The number of H-pyrrole nitrogens is 1. The number of piperidine rings is 1. The maximum absolute atomic E-state index is 12.0. The second-order valence-corrected chi connectivity index (χ2v) is 5.56. The zero-order valence-corrected chi connectivity index (χ0v) is 12.9. The molecule has 9 nitrogen and oxygen atoms in total. The molecule has 23 heavy (non-hydrogen) atoms. The average Bonchev–Trinajstić information content (AvgIpc) is 3.10. The summed E-state index contributed by atoms with van der Waals surface area (Å²) in [5, 5.41) is 17.0. The number of rotatable bonds is 4. The molecule has 122 valence electrons. The average molecular weight is 317 g/mol. The van der Waals surface area contributed by atoms with Crippen LogP contribution in [0.4, 0.5) is 5.82 Å². The summed E-state index contributed by atoms with van der Waals surface area (Å²) < 4.78 is 1.33. The maximum atomic E-state index is 12.0. The van der Waals surface area contributed by atoms with E-state index < -0.39 is 0 Å². The van der Waals surface area contributed by atoms with Gasteiger partial charge in [-0.3, -0.25) is 9.59 Å². The van der Waals surface area contributed by atoms with Crippen LogP contribution < -0.4 is 15.8 Å². The number of anilines is 1. The van der Waals surface area contributed by atoms with Crippen molar-refractivity contribution in [2.75, 3.05) is 18.0 Å². The fourth-order valence-corrected chi connectivity index (χ4v) is 2.77. The SMILES string of the molecule is Cn1nc(N2CCCCC2CNC(=O)c2cn[nH]n2)ccc1=O. The quantitative estimate of drug-likeness (QED) is 0.800. The molecule has 1 fully saturated rings. The van der Waals surface area contributed by atoms with E-state index in [4.69, 9.17) is 0 Å². The second-order valence-electron chi connectivity index (χ2n) is 5.56. The maximum Gasteiger partial charge on any atom is 0.273 e. The highest BCUT2D eigenvalue weighted by molar-refractivity contribution is 5.91. The van der Waals surface area contributed by atoms with E-state index >= 15 is 0 Å². The third-order valence-corrected chi connectivity index (χ3v) is 4.01. The third-order valence-electron chi connectivity index (χ3n) is 4.01. The molecular weight excluding hydrogens is 298 g/mol. The first kappa shape index (κ1) is 15.2. The molecule has 9 heteroatoms. The summed E-state index contributed by atoms with van der Waals surface area (Å²) in [4.78, 5) is 25.6. The molecule has 1 atom stereocenters. The van der Waals surface area contributed by atoms with Gasteiger partial charge in [0.05, 0.1) is 6.20 Å². The lowest BCUT2D eigenvalue weighted by molar-refractivity contribution is 0.0944. The molecule has 1 amide bonds. The first-order valence-electron chi connectivity index (χ1n) is 7.60. The Kier molecular flexibility index (Phi) is 4.35. The molecular formula is C14H19N7O2. The summed E-state index contributed by atoms with van der Waals surface area (Å²) in [7, 11) is 1.64. The molecule has 0 aliphatic carbocycles. The minimum Gasteiger partial charge on any atom is -0.350 e. The number of hydrogen-bond donors (Lipinski definition) is 2. The Bertz CT molecular complexity index is 725. The zero-order chi connectivity index (χ0) is 16.2. The number of aromatic nitrogens is 5. The van der Waals surface area contributed by atoms with Crippen LogP contribution in [0.25, 0.3) is 0 Å². The molecule has 3 heterocycles. The van der Waals surface area contributed by atoms with Crippen LogP contribution in [0.5, 0.6) is 0 Å². The number of hydrogen-bond acceptors (Lipinski definition) is 6. The van der Waals surface area contributed by atoms with Gasteiger partial charge in [0.1, 0.15) is 5.82 Å². The van der Waals surface area contributed by atoms with Crippen molar-refractivity contribution in [2.45, 2.75) is 25.3 Å². The lowest BCUT2D eigenvalue weighted by atomic mass is 10.0. The molecule has 0 saturated carbocycles. The predicted molar refractivity (Wildman–Crippen MR) is 83.2 cm³/mol. The largest absolute Gasteiger partial charge is 0.350 e. The van der Waals surface area contributed by atoms with Crippen LogP contribution in [-0.4, -0.2) is 50.2 Å². The molecule has 0 aromatic carbocycles. The minimum atomic E-state index is -0.252. The van der Waals surface area contributed by atoms with E-state index in [9.17, 15) is 9.59 Å². The van der Waals surface area contributed by atoms with Crippen LogP contribution >= 0.6 is 0 Å². The highest BCUT2D eigenvalue weighted by Crippen LogP contribution is 2.21. The van der Waals surface area contributed by atoms with Crippen LogP contribution in [-0.2, 0) is 7.05 Å². The van der Waals surface area contributed by atoms with Crippen molar-refractivity contribution in [3.63, 3.8) is 0 Å². The molecule has 0 bridgehead atoms. The Morgan fingerprint density at radius 3 is 3.04 bits per heavy atom. The van der Waals surface area contributed by atoms with Crippen molar-refractivity contribution in [3.05, 3.63) is 34.4 Å². The molecule has 1 unspecified atom stereocenters. The molecule has 0 radical (unpaired) electrons. The van der Waals surface area contributed by atoms with Crippen molar-refractivity contribution in [1.29, 1.82) is 0 Å². The van der Waals surface area contributed by atoms with Crippen molar-refractivity contribution in [1.82, 2.24) is 30.5 Å². The van der Waals surface area contributed by atoms with Gasteiger partial charge in [-0.05, 0) is 25.3 Å².